The molecular weight excluding hydrogens is 1350 g/mol. The molecule has 0 aromatic heterocycles. The minimum atomic E-state index is -0.838. The van der Waals surface area contributed by atoms with E-state index in [4.69, 9.17) is 49.0 Å². The molecule has 579 valence electrons. The zero-order chi connectivity index (χ0) is 72.8. The van der Waals surface area contributed by atoms with E-state index in [1.807, 2.05) is 25.2 Å². The largest absolute Gasteiger partial charge is 0.478 e. The smallest absolute Gasteiger partial charge is 0.333 e. The van der Waals surface area contributed by atoms with Gasteiger partial charge in [-0.3, -0.25) is 28.8 Å². The lowest BCUT2D eigenvalue weighted by atomic mass is 9.59. The van der Waals surface area contributed by atoms with Crippen molar-refractivity contribution in [3.63, 3.8) is 0 Å². The molecule has 1 saturated heterocycles. The molecule has 0 aromatic rings. The molecule has 14 saturated carbocycles. The summed E-state index contributed by atoms with van der Waals surface area (Å²) in [5.74, 6) is 6.97. The van der Waals surface area contributed by atoms with Gasteiger partial charge in [-0.1, -0.05) is 42.3 Å². The van der Waals surface area contributed by atoms with Crippen LogP contribution in [0.2, 0.25) is 0 Å². The van der Waals surface area contributed by atoms with Crippen LogP contribution in [0, 0.1) is 115 Å². The fourth-order valence-corrected chi connectivity index (χ4v) is 27.0. The highest BCUT2D eigenvalue weighted by Gasteiger charge is 2.63. The number of primary amides is 3. The van der Waals surface area contributed by atoms with Gasteiger partial charge < -0.3 is 54.2 Å². The lowest BCUT2D eigenvalue weighted by Crippen LogP contribution is -2.50. The Morgan fingerprint density at radius 3 is 1.30 bits per heavy atom. The predicted molar refractivity (Wildman–Crippen MR) is 405 cm³/mol. The molecule has 14 N–H and O–H groups in total. The van der Waals surface area contributed by atoms with Crippen LogP contribution in [0.5, 0.6) is 0 Å². The number of carboxylic acids is 1. The number of Topliss-reactive ketones (excluding diaryl/α,β-unsaturated/α-hetero) is 3. The summed E-state index contributed by atoms with van der Waals surface area (Å²) in [6.07, 6.45) is 51.0. The van der Waals surface area contributed by atoms with E-state index >= 15 is 0 Å². The van der Waals surface area contributed by atoms with Crippen molar-refractivity contribution >= 4 is 73.5 Å². The van der Waals surface area contributed by atoms with Crippen molar-refractivity contribution in [1.82, 2.24) is 0 Å². The zero-order valence-electron chi connectivity index (χ0n) is 63.0. The summed E-state index contributed by atoms with van der Waals surface area (Å²) in [5, 5.41) is 21.9. The van der Waals surface area contributed by atoms with Gasteiger partial charge in [0.05, 0.1) is 12.3 Å². The number of allylic oxidation sites excluding steroid dienone is 4. The Bertz CT molecular complexity index is 3330. The second-order valence-electron chi connectivity index (χ2n) is 36.3. The summed E-state index contributed by atoms with van der Waals surface area (Å²) in [5.41, 5.74) is 38.6. The van der Waals surface area contributed by atoms with Crippen LogP contribution in [0.1, 0.15) is 264 Å². The zero-order valence-corrected chi connectivity index (χ0v) is 63.9. The highest BCUT2D eigenvalue weighted by atomic mass is 35.5. The lowest BCUT2D eigenvalue weighted by Gasteiger charge is -2.47. The number of ketones is 3. The second-order valence-corrected chi connectivity index (χ2v) is 36.3. The van der Waals surface area contributed by atoms with Crippen LogP contribution in [0.15, 0.2) is 51.8 Å². The molecule has 3 radical (unpaired) electrons. The van der Waals surface area contributed by atoms with Crippen molar-refractivity contribution in [2.45, 2.75) is 276 Å². The first-order valence-electron chi connectivity index (χ1n) is 41.2. The first-order chi connectivity index (χ1) is 49.5. The van der Waals surface area contributed by atoms with Crippen LogP contribution in [-0.4, -0.2) is 110 Å². The third-order valence-electron chi connectivity index (χ3n) is 32.1. The maximum atomic E-state index is 12.5. The minimum Gasteiger partial charge on any atom is -0.478 e. The standard InChI is InChI=1S/C15H20O3.C13H18N2O2.C13H22N2O.C13H24N2.C13H17NO2.C13H16O3.C4H8O.B.ClH/c1-2-18-14(17)11-4-3-7-15(9-11)12-6-5-10(8-12)13(15)16;14-12(16)9-2-1-5-13(7-9)10-4-3-8(6-10)11(13)15-17;14-11-8-3-4-10(6-8)13(11)5-1-2-9(7-13)12(15)16;14-8-9-2-1-5-13(7-9)11-4-3-10(6-11)12(13)15;14-12(16)9-2-1-5-13(7-9)10-4-3-8(6-10)11(13)15;14-11-8-3-4-10(6-8)13(11)5-1-2-9(7-13)12(15)16;1-2-4-5-3-1;;/h4,10,12H,2-3,5-9H2,1H3;2,8,10,17H,1,3-7H2,(H2,14,16);8-11H,1-7,14H2,(H2,15,16);9-12H,1-8,14-15H2;2,8,10H,1,3-7H2,(H2,14,16);2,8,10H,1,3-7H2,(H,15,16);1-4H2;;1H/b;15-11-;;;;;;;/t10-,12+,15-;8-,10+,13-;8-,9+,10+,11-,13-;9-,10+,11-,12+,13+;2*8-,10+,13-;;;/m111011.../s1. The minimum absolute atomic E-state index is 0. The van der Waals surface area contributed by atoms with Crippen LogP contribution in [0.3, 0.4) is 0 Å². The molecular formula is C84H126BClN7O12. The van der Waals surface area contributed by atoms with E-state index in [0.29, 0.717) is 108 Å². The van der Waals surface area contributed by atoms with Crippen LogP contribution in [-0.2, 0) is 47.8 Å². The molecule has 1 aliphatic heterocycles. The van der Waals surface area contributed by atoms with Crippen LogP contribution >= 0.6 is 12.4 Å². The fraction of sp³-hybridized carbons (Fsp3) is 0.798. The van der Waals surface area contributed by atoms with E-state index in [1.54, 1.807) is 6.08 Å². The van der Waals surface area contributed by atoms with Gasteiger partial charge >= 0.3 is 11.9 Å². The predicted octanol–water partition coefficient (Wildman–Crippen LogP) is 12.3. The summed E-state index contributed by atoms with van der Waals surface area (Å²) < 4.78 is 10.0. The number of fused-ring (bicyclic) bond motifs is 18. The molecule has 1 heterocycles. The number of amides is 3. The molecule has 19 aliphatic rings. The molecule has 15 fully saturated rings. The average Bonchev–Trinajstić information content (AvgIpc) is 1.66. The first-order valence-corrected chi connectivity index (χ1v) is 41.2. The van der Waals surface area contributed by atoms with Crippen molar-refractivity contribution in [3.8, 4) is 0 Å². The van der Waals surface area contributed by atoms with Crippen LogP contribution in [0.4, 0.5) is 0 Å². The number of oxime groups is 1. The van der Waals surface area contributed by atoms with Gasteiger partial charge in [0, 0.05) is 107 Å². The highest BCUT2D eigenvalue weighted by molar-refractivity contribution is 6.00. The van der Waals surface area contributed by atoms with E-state index in [9.17, 15) is 43.6 Å². The Kier molecular flexibility index (Phi) is 25.7. The van der Waals surface area contributed by atoms with Crippen LogP contribution in [0.25, 0.3) is 0 Å². The van der Waals surface area contributed by atoms with E-state index in [0.717, 1.165) is 195 Å². The number of hydrogen-bond donors (Lipinski definition) is 8. The monoisotopic (exact) mass is 1470 g/mol. The van der Waals surface area contributed by atoms with Crippen molar-refractivity contribution in [2.24, 2.45) is 155 Å². The number of esters is 1. The number of carboxylic acid groups (broad SMARTS) is 1. The van der Waals surface area contributed by atoms with Gasteiger partial charge in [0.2, 0.25) is 17.7 Å². The Balaban J connectivity index is 0.000000124. The first kappa shape index (κ1) is 81.0. The van der Waals surface area contributed by atoms with E-state index in [2.05, 4.69) is 5.16 Å². The average molecular weight is 1470 g/mol. The maximum Gasteiger partial charge on any atom is 0.333 e. The number of carbonyl (C=O) groups is 8. The molecule has 19 rings (SSSR count). The second kappa shape index (κ2) is 33.3. The normalized spacial score (nSPS) is 42.6. The van der Waals surface area contributed by atoms with Crippen molar-refractivity contribution in [2.75, 3.05) is 26.4 Å². The van der Waals surface area contributed by atoms with Crippen molar-refractivity contribution in [1.29, 1.82) is 0 Å². The summed E-state index contributed by atoms with van der Waals surface area (Å²) >= 11 is 0. The molecule has 22 atom stereocenters. The van der Waals surface area contributed by atoms with Gasteiger partial charge in [-0.15, -0.1) is 12.4 Å². The van der Waals surface area contributed by atoms with Gasteiger partial charge in [-0.2, -0.15) is 0 Å². The number of ether oxygens (including phenoxy) is 2. The van der Waals surface area contributed by atoms with Gasteiger partial charge in [0.25, 0.3) is 0 Å². The quantitative estimate of drug-likeness (QED) is 0.0508. The number of rotatable bonds is 7. The fourth-order valence-electron chi connectivity index (χ4n) is 27.0. The van der Waals surface area contributed by atoms with Gasteiger partial charge in [-0.25, -0.2) is 9.59 Å². The van der Waals surface area contributed by atoms with Crippen LogP contribution < -0.4 is 34.4 Å². The topological polar surface area (TPSA) is 364 Å². The molecule has 12 bridgehead atoms. The van der Waals surface area contributed by atoms with E-state index < -0.39 is 5.97 Å². The number of nitrogens with zero attached hydrogens (tertiary/aromatic N) is 1. The SMILES string of the molecule is C1CCOC1.CCOC(=O)C1=CCC[C@]2(C1)C(=O)[C@@H]1CC[C@H]2C1.Cl.NC(=O)C1=CCC[C@]2(C1)/C(=N\O)[C@@H]1CC[C@H]2C1.NC(=O)C1=CCC[C@]2(C1)C(=O)[C@@H]1CC[C@H]2C1.NC(=O)[C@H]1CCC[C@@]2(C1)[C@H]1CC[C@H](C1)[C@H]2N.NC[C@H]1CCC[C@@]2(C1)[C@H]1CC[C@H](C1)[C@H]2N.O=C(O)C1=CCC[C@]2(C1)C(=O)[C@@H]1CC[C@H]2C1.[B]. The third-order valence-corrected chi connectivity index (χ3v) is 32.1. The molecule has 19 nitrogen and oxygen atoms in total. The van der Waals surface area contributed by atoms with E-state index in [1.165, 1.54) is 103 Å². The number of aliphatic carboxylic acids is 1. The van der Waals surface area contributed by atoms with Gasteiger partial charge in [-0.05, 0) is 322 Å². The van der Waals surface area contributed by atoms with E-state index in [-0.39, 0.29) is 95.3 Å². The molecule has 0 unspecified atom stereocenters. The molecule has 105 heavy (non-hydrogen) atoms. The summed E-state index contributed by atoms with van der Waals surface area (Å²) in [6.45, 7) is 5.11. The molecule has 0 aromatic carbocycles. The summed E-state index contributed by atoms with van der Waals surface area (Å²) in [6, 6.07) is 0.846. The van der Waals surface area contributed by atoms with Gasteiger partial charge in [0.15, 0.2) is 0 Å². The Labute approximate surface area is 632 Å². The maximum absolute atomic E-state index is 12.5. The third kappa shape index (κ3) is 15.0. The number of halogens is 1. The Hall–Kier alpha value is -5.02. The molecule has 18 aliphatic carbocycles. The molecule has 6 spiro atoms. The molecule has 21 heteroatoms. The van der Waals surface area contributed by atoms with Crippen molar-refractivity contribution in [3.05, 3.63) is 46.6 Å². The molecule has 3 amide bonds. The number of nitrogens with two attached hydrogens (primary N) is 6. The number of hydrogen-bond acceptors (Lipinski definition) is 15. The van der Waals surface area contributed by atoms with Gasteiger partial charge in [0.1, 0.15) is 17.3 Å². The Morgan fingerprint density at radius 1 is 0.505 bits per heavy atom. The lowest BCUT2D eigenvalue weighted by molar-refractivity contribution is -0.140. The summed E-state index contributed by atoms with van der Waals surface area (Å²) in [7, 11) is 0. The summed E-state index contributed by atoms with van der Waals surface area (Å²) in [4.78, 5) is 94.0. The Morgan fingerprint density at radius 2 is 0.905 bits per heavy atom. The van der Waals surface area contributed by atoms with Crippen molar-refractivity contribution < 1.29 is 58.1 Å². The highest BCUT2D eigenvalue weighted by Crippen LogP contribution is 2.66. The number of carbonyl (C=O) groups excluding carboxylic acids is 7.